The molecule has 9 heteroatoms. The van der Waals surface area contributed by atoms with E-state index in [2.05, 4.69) is 34.8 Å². The summed E-state index contributed by atoms with van der Waals surface area (Å²) < 4.78 is 0. The van der Waals surface area contributed by atoms with E-state index in [0.717, 1.165) is 50.5 Å². The number of nitrogens with one attached hydrogen (secondary N) is 3. The van der Waals surface area contributed by atoms with Gasteiger partial charge in [-0.1, -0.05) is 89.6 Å². The van der Waals surface area contributed by atoms with Gasteiger partial charge in [-0.25, -0.2) is 0 Å². The molecule has 0 aliphatic heterocycles. The van der Waals surface area contributed by atoms with Gasteiger partial charge in [-0.3, -0.25) is 19.4 Å². The Balaban J connectivity index is 2.33. The number of unbranched alkanes of at least 4 members (excludes halogenated alkanes) is 1. The fraction of sp³-hybridized carbons (Fsp3) is 0.588. The number of aliphatic hydroxyl groups is 2. The summed E-state index contributed by atoms with van der Waals surface area (Å²) in [7, 11) is 0. The molecule has 5 atom stereocenters. The second-order valence-electron chi connectivity index (χ2n) is 11.5. The minimum absolute atomic E-state index is 0.253. The second-order valence-corrected chi connectivity index (χ2v) is 11.5. The Morgan fingerprint density at radius 1 is 0.767 bits per heavy atom. The number of hydrogen-bond donors (Lipinski definition) is 5. The molecule has 0 fully saturated rings. The van der Waals surface area contributed by atoms with Gasteiger partial charge in [0.25, 0.3) is 5.91 Å². The maximum absolute atomic E-state index is 13.9. The SMILES string of the molecule is CCCC[C@@H](NC(C)=O)[C@@H](O)[C@H](O)[C@H](Cc1ccccc1)NC(=O)[C@@H](CCC(CCC)CCC)NC(=O)c1cccnc1. The molecule has 0 aliphatic carbocycles. The number of pyridine rings is 1. The molecule has 1 aromatic heterocycles. The van der Waals surface area contributed by atoms with Gasteiger partial charge in [-0.15, -0.1) is 0 Å². The van der Waals surface area contributed by atoms with Gasteiger partial charge < -0.3 is 26.2 Å². The number of nitrogens with zero attached hydrogens (tertiary/aromatic N) is 1. The summed E-state index contributed by atoms with van der Waals surface area (Å²) in [5.74, 6) is -0.699. The van der Waals surface area contributed by atoms with Crippen molar-refractivity contribution in [3.05, 3.63) is 66.0 Å². The number of aliphatic hydroxyl groups excluding tert-OH is 2. The second kappa shape index (κ2) is 19.8. The van der Waals surface area contributed by atoms with Crippen molar-refractivity contribution in [2.45, 2.75) is 122 Å². The first-order valence-corrected chi connectivity index (χ1v) is 15.9. The van der Waals surface area contributed by atoms with Crippen LogP contribution in [0.15, 0.2) is 54.9 Å². The van der Waals surface area contributed by atoms with Crippen molar-refractivity contribution >= 4 is 17.7 Å². The van der Waals surface area contributed by atoms with Gasteiger partial charge >= 0.3 is 0 Å². The number of carbonyl (C=O) groups excluding carboxylic acids is 3. The third kappa shape index (κ3) is 12.8. The van der Waals surface area contributed by atoms with Crippen LogP contribution in [0.2, 0.25) is 0 Å². The van der Waals surface area contributed by atoms with Gasteiger partial charge in [0.1, 0.15) is 18.2 Å². The largest absolute Gasteiger partial charge is 0.388 e. The Labute approximate surface area is 257 Å². The van der Waals surface area contributed by atoms with Gasteiger partial charge in [0.15, 0.2) is 0 Å². The lowest BCUT2D eigenvalue weighted by Gasteiger charge is -2.34. The van der Waals surface area contributed by atoms with Gasteiger partial charge in [0, 0.05) is 19.3 Å². The fourth-order valence-corrected chi connectivity index (χ4v) is 5.56. The number of carbonyl (C=O) groups is 3. The molecule has 5 N–H and O–H groups in total. The normalized spacial score (nSPS) is 14.8. The average molecular weight is 597 g/mol. The Morgan fingerprint density at radius 2 is 1.44 bits per heavy atom. The number of benzene rings is 1. The minimum Gasteiger partial charge on any atom is -0.388 e. The van der Waals surface area contributed by atoms with Crippen molar-refractivity contribution in [3.63, 3.8) is 0 Å². The average Bonchev–Trinajstić information content (AvgIpc) is 3.00. The first kappa shape index (κ1) is 35.9. The van der Waals surface area contributed by atoms with Crippen molar-refractivity contribution in [3.8, 4) is 0 Å². The fourth-order valence-electron chi connectivity index (χ4n) is 5.56. The first-order valence-electron chi connectivity index (χ1n) is 15.9. The van der Waals surface area contributed by atoms with Crippen LogP contribution in [0, 0.1) is 5.92 Å². The summed E-state index contributed by atoms with van der Waals surface area (Å²) in [5.41, 5.74) is 1.22. The molecule has 238 valence electrons. The summed E-state index contributed by atoms with van der Waals surface area (Å²) in [4.78, 5) is 42.9. The van der Waals surface area contributed by atoms with Crippen LogP contribution in [0.25, 0.3) is 0 Å². The number of rotatable bonds is 20. The Hall–Kier alpha value is -3.30. The molecular formula is C34H52N4O5. The zero-order valence-electron chi connectivity index (χ0n) is 26.3. The van der Waals surface area contributed by atoms with Crippen molar-refractivity contribution in [1.82, 2.24) is 20.9 Å². The molecule has 0 spiro atoms. The summed E-state index contributed by atoms with van der Waals surface area (Å²) in [5, 5.41) is 31.3. The number of hydrogen-bond acceptors (Lipinski definition) is 6. The predicted molar refractivity (Wildman–Crippen MR) is 169 cm³/mol. The first-order chi connectivity index (χ1) is 20.7. The number of amides is 3. The molecule has 2 aromatic rings. The van der Waals surface area contributed by atoms with Gasteiger partial charge in [-0.05, 0) is 49.3 Å². The summed E-state index contributed by atoms with van der Waals surface area (Å²) in [6, 6.07) is 10.3. The molecule has 0 saturated heterocycles. The molecule has 0 radical (unpaired) electrons. The molecule has 0 bridgehead atoms. The molecule has 2 rings (SSSR count). The third-order valence-corrected chi connectivity index (χ3v) is 7.86. The van der Waals surface area contributed by atoms with Crippen LogP contribution in [-0.2, 0) is 16.0 Å². The predicted octanol–water partition coefficient (Wildman–Crippen LogP) is 4.32. The topological polar surface area (TPSA) is 141 Å². The highest BCUT2D eigenvalue weighted by atomic mass is 16.3. The van der Waals surface area contributed by atoms with Gasteiger partial charge in [0.2, 0.25) is 11.8 Å². The van der Waals surface area contributed by atoms with Crippen molar-refractivity contribution in [2.75, 3.05) is 0 Å². The van der Waals surface area contributed by atoms with Gasteiger partial charge in [0.05, 0.1) is 17.6 Å². The highest BCUT2D eigenvalue weighted by molar-refractivity contribution is 5.97. The monoisotopic (exact) mass is 596 g/mol. The molecule has 0 saturated carbocycles. The number of aromatic nitrogens is 1. The standard InChI is InChI=1S/C34H52N4O5/c1-5-8-18-28(36-24(4)39)31(40)32(41)30(22-26-15-10-9-11-16-26)38-34(43)29(20-19-25(13-6-2)14-7-3)37-33(42)27-17-12-21-35-23-27/h9-12,15-17,21,23,25,28-32,40-41H,5-8,13-14,18-20,22H2,1-4H3,(H,36,39)(H,37,42)(H,38,43)/t28-,29-,30+,31-,32-/m1/s1. The van der Waals surface area contributed by atoms with E-state index in [1.54, 1.807) is 18.3 Å². The third-order valence-electron chi connectivity index (χ3n) is 7.86. The van der Waals surface area contributed by atoms with Crippen LogP contribution in [0.4, 0.5) is 0 Å². The smallest absolute Gasteiger partial charge is 0.253 e. The molecule has 1 aromatic carbocycles. The van der Waals surface area contributed by atoms with E-state index in [9.17, 15) is 24.6 Å². The highest BCUT2D eigenvalue weighted by Gasteiger charge is 2.35. The quantitative estimate of drug-likeness (QED) is 0.154. The van der Waals surface area contributed by atoms with Crippen molar-refractivity contribution in [1.29, 1.82) is 0 Å². The van der Waals surface area contributed by atoms with Crippen molar-refractivity contribution < 1.29 is 24.6 Å². The van der Waals surface area contributed by atoms with Crippen LogP contribution in [0.1, 0.15) is 101 Å². The van der Waals surface area contributed by atoms with Crippen LogP contribution >= 0.6 is 0 Å². The molecule has 3 amide bonds. The van der Waals surface area contributed by atoms with E-state index in [1.165, 1.54) is 13.1 Å². The molecule has 43 heavy (non-hydrogen) atoms. The van der Waals surface area contributed by atoms with E-state index in [-0.39, 0.29) is 12.3 Å². The van der Waals surface area contributed by atoms with Crippen LogP contribution < -0.4 is 16.0 Å². The molecule has 0 aliphatic rings. The molecule has 0 unspecified atom stereocenters. The Morgan fingerprint density at radius 3 is 2.02 bits per heavy atom. The van der Waals surface area contributed by atoms with E-state index in [0.29, 0.717) is 24.3 Å². The summed E-state index contributed by atoms with van der Waals surface area (Å²) >= 11 is 0. The van der Waals surface area contributed by atoms with E-state index >= 15 is 0 Å². The Kier molecular flexibility index (Phi) is 16.5. The molecule has 1 heterocycles. The maximum Gasteiger partial charge on any atom is 0.253 e. The Bertz CT molecular complexity index is 1080. The lowest BCUT2D eigenvalue weighted by Crippen LogP contribution is -2.59. The minimum atomic E-state index is -1.37. The summed E-state index contributed by atoms with van der Waals surface area (Å²) in [6.07, 6.45) is 8.08. The van der Waals surface area contributed by atoms with Crippen molar-refractivity contribution in [2.24, 2.45) is 5.92 Å². The van der Waals surface area contributed by atoms with Crippen LogP contribution in [0.5, 0.6) is 0 Å². The molecular weight excluding hydrogens is 544 g/mol. The highest BCUT2D eigenvalue weighted by Crippen LogP contribution is 2.21. The molecule has 9 nitrogen and oxygen atoms in total. The zero-order chi connectivity index (χ0) is 31.6. The summed E-state index contributed by atoms with van der Waals surface area (Å²) in [6.45, 7) is 7.68. The van der Waals surface area contributed by atoms with E-state index < -0.39 is 42.1 Å². The lowest BCUT2D eigenvalue weighted by atomic mass is 9.90. The maximum atomic E-state index is 13.9. The van der Waals surface area contributed by atoms with Gasteiger partial charge in [-0.2, -0.15) is 0 Å². The van der Waals surface area contributed by atoms with E-state index in [1.807, 2.05) is 37.3 Å². The van der Waals surface area contributed by atoms with Crippen LogP contribution in [-0.4, -0.2) is 63.3 Å². The van der Waals surface area contributed by atoms with E-state index in [4.69, 9.17) is 0 Å². The van der Waals surface area contributed by atoms with Crippen LogP contribution in [0.3, 0.4) is 0 Å². The zero-order valence-corrected chi connectivity index (χ0v) is 26.3. The lowest BCUT2D eigenvalue weighted by molar-refractivity contribution is -0.127.